The molecule has 0 saturated carbocycles. The molecule has 14 heavy (non-hydrogen) atoms. The normalized spacial score (nSPS) is 22.5. The number of hydrogen-bond donors (Lipinski definition) is 1. The maximum atomic E-state index is 3.67. The van der Waals surface area contributed by atoms with Gasteiger partial charge < -0.3 is 5.32 Å². The van der Waals surface area contributed by atoms with E-state index in [0.717, 1.165) is 6.04 Å². The van der Waals surface area contributed by atoms with Crippen LogP contribution in [-0.2, 0) is 0 Å². The van der Waals surface area contributed by atoms with Crippen LogP contribution in [0.15, 0.2) is 0 Å². The molecule has 1 aliphatic heterocycles. The van der Waals surface area contributed by atoms with E-state index >= 15 is 0 Å². The molecule has 1 nitrogen and oxygen atoms in total. The van der Waals surface area contributed by atoms with Crippen molar-refractivity contribution >= 4 is 23.5 Å². The fourth-order valence-corrected chi connectivity index (χ4v) is 3.36. The van der Waals surface area contributed by atoms with Gasteiger partial charge in [0.1, 0.15) is 0 Å². The summed E-state index contributed by atoms with van der Waals surface area (Å²) in [5.41, 5.74) is 0. The third-order valence-electron chi connectivity index (χ3n) is 2.62. The van der Waals surface area contributed by atoms with E-state index in [1.807, 2.05) is 11.8 Å². The van der Waals surface area contributed by atoms with Crippen molar-refractivity contribution in [2.24, 2.45) is 0 Å². The number of unbranched alkanes of at least 4 members (excludes halogenated alkanes) is 2. The molecule has 0 radical (unpaired) electrons. The lowest BCUT2D eigenvalue weighted by molar-refractivity contribution is 0.494. The molecule has 1 N–H and O–H groups in total. The first-order chi connectivity index (χ1) is 6.93. The lowest BCUT2D eigenvalue weighted by atomic mass is 10.2. The van der Waals surface area contributed by atoms with E-state index in [4.69, 9.17) is 0 Å². The molecule has 0 aromatic rings. The molecule has 1 heterocycles. The van der Waals surface area contributed by atoms with Crippen molar-refractivity contribution in [1.82, 2.24) is 5.32 Å². The highest BCUT2D eigenvalue weighted by molar-refractivity contribution is 7.99. The van der Waals surface area contributed by atoms with Crippen LogP contribution in [0.5, 0.6) is 0 Å². The second-order valence-corrected chi connectivity index (χ2v) is 6.06. The number of rotatable bonds is 7. The Kier molecular flexibility index (Phi) is 8.12. The smallest absolute Gasteiger partial charge is 0.0158 e. The van der Waals surface area contributed by atoms with Crippen molar-refractivity contribution in [2.45, 2.75) is 38.1 Å². The fourth-order valence-electron chi connectivity index (χ4n) is 1.76. The molecule has 0 aromatic heterocycles. The second kappa shape index (κ2) is 8.93. The summed E-state index contributed by atoms with van der Waals surface area (Å²) in [5.74, 6) is 4.05. The van der Waals surface area contributed by atoms with Gasteiger partial charge in [0.25, 0.3) is 0 Å². The van der Waals surface area contributed by atoms with Crippen LogP contribution in [0.2, 0.25) is 0 Å². The molecule has 1 atom stereocenters. The Hall–Kier alpha value is 0.660. The Morgan fingerprint density at radius 2 is 2.29 bits per heavy atom. The summed E-state index contributed by atoms with van der Waals surface area (Å²) in [6, 6.07) is 0.814. The minimum Gasteiger partial charge on any atom is -0.313 e. The highest BCUT2D eigenvalue weighted by Gasteiger charge is 2.11. The summed E-state index contributed by atoms with van der Waals surface area (Å²) >= 11 is 4.07. The third-order valence-corrected chi connectivity index (χ3v) is 4.53. The Balaban J connectivity index is 1.82. The van der Waals surface area contributed by atoms with Gasteiger partial charge in [0.2, 0.25) is 0 Å². The van der Waals surface area contributed by atoms with E-state index in [2.05, 4.69) is 23.3 Å². The number of thioether (sulfide) groups is 2. The van der Waals surface area contributed by atoms with Gasteiger partial charge >= 0.3 is 0 Å². The Labute approximate surface area is 97.2 Å². The van der Waals surface area contributed by atoms with Gasteiger partial charge in [0, 0.05) is 11.8 Å². The Morgan fingerprint density at radius 3 is 3.00 bits per heavy atom. The summed E-state index contributed by atoms with van der Waals surface area (Å²) in [7, 11) is 0. The van der Waals surface area contributed by atoms with Crippen LogP contribution in [0.1, 0.15) is 32.1 Å². The molecule has 0 bridgehead atoms. The quantitative estimate of drug-likeness (QED) is 0.679. The number of nitrogens with one attached hydrogen (secondary N) is 1. The maximum absolute atomic E-state index is 3.67. The fraction of sp³-hybridized carbons (Fsp3) is 1.00. The van der Waals surface area contributed by atoms with Crippen molar-refractivity contribution in [1.29, 1.82) is 0 Å². The standard InChI is InChI=1S/C11H23NS2/c1-13-8-4-2-3-7-12-11-6-5-9-14-10-11/h11-12H,2-10H2,1H3. The van der Waals surface area contributed by atoms with Crippen molar-refractivity contribution in [3.8, 4) is 0 Å². The zero-order valence-electron chi connectivity index (χ0n) is 9.26. The van der Waals surface area contributed by atoms with E-state index in [1.165, 1.54) is 55.9 Å². The van der Waals surface area contributed by atoms with Gasteiger partial charge in [0.05, 0.1) is 0 Å². The van der Waals surface area contributed by atoms with Crippen LogP contribution in [0.25, 0.3) is 0 Å². The second-order valence-electron chi connectivity index (χ2n) is 3.92. The summed E-state index contributed by atoms with van der Waals surface area (Å²) in [6.07, 6.45) is 9.15. The monoisotopic (exact) mass is 233 g/mol. The van der Waals surface area contributed by atoms with E-state index in [1.54, 1.807) is 0 Å². The zero-order valence-corrected chi connectivity index (χ0v) is 10.9. The predicted octanol–water partition coefficient (Wildman–Crippen LogP) is 3.00. The van der Waals surface area contributed by atoms with E-state index in [-0.39, 0.29) is 0 Å². The molecule has 0 amide bonds. The molecule has 0 aliphatic carbocycles. The summed E-state index contributed by atoms with van der Waals surface area (Å²) in [5, 5.41) is 3.67. The topological polar surface area (TPSA) is 12.0 Å². The molecule has 1 unspecified atom stereocenters. The average Bonchev–Trinajstić information content (AvgIpc) is 2.25. The van der Waals surface area contributed by atoms with Gasteiger partial charge in [-0.25, -0.2) is 0 Å². The van der Waals surface area contributed by atoms with Crippen LogP contribution in [-0.4, -0.2) is 36.1 Å². The van der Waals surface area contributed by atoms with Crippen molar-refractivity contribution in [2.75, 3.05) is 30.1 Å². The lowest BCUT2D eigenvalue weighted by Crippen LogP contribution is -2.34. The van der Waals surface area contributed by atoms with Crippen molar-refractivity contribution < 1.29 is 0 Å². The van der Waals surface area contributed by atoms with E-state index in [9.17, 15) is 0 Å². The number of hydrogen-bond acceptors (Lipinski definition) is 3. The van der Waals surface area contributed by atoms with Crippen LogP contribution in [0.4, 0.5) is 0 Å². The van der Waals surface area contributed by atoms with Gasteiger partial charge in [0.15, 0.2) is 0 Å². The Bertz CT molecular complexity index is 124. The summed E-state index contributed by atoms with van der Waals surface area (Å²) in [6.45, 7) is 1.24. The largest absolute Gasteiger partial charge is 0.313 e. The lowest BCUT2D eigenvalue weighted by Gasteiger charge is -2.22. The Morgan fingerprint density at radius 1 is 1.36 bits per heavy atom. The van der Waals surface area contributed by atoms with Crippen molar-refractivity contribution in [3.05, 3.63) is 0 Å². The zero-order chi connectivity index (χ0) is 10.1. The van der Waals surface area contributed by atoms with Gasteiger partial charge in [-0.05, 0) is 50.0 Å². The van der Waals surface area contributed by atoms with E-state index < -0.39 is 0 Å². The minimum atomic E-state index is 0.814. The molecule has 1 rings (SSSR count). The first-order valence-electron chi connectivity index (χ1n) is 5.73. The minimum absolute atomic E-state index is 0.814. The van der Waals surface area contributed by atoms with Crippen LogP contribution in [0, 0.1) is 0 Å². The molecule has 0 aromatic carbocycles. The van der Waals surface area contributed by atoms with Gasteiger partial charge in [-0.15, -0.1) is 0 Å². The molecular weight excluding hydrogens is 210 g/mol. The maximum Gasteiger partial charge on any atom is 0.0158 e. The average molecular weight is 233 g/mol. The molecule has 0 spiro atoms. The SMILES string of the molecule is CSCCCCCNC1CCCSC1. The van der Waals surface area contributed by atoms with Crippen LogP contribution in [0.3, 0.4) is 0 Å². The van der Waals surface area contributed by atoms with Crippen molar-refractivity contribution in [3.63, 3.8) is 0 Å². The summed E-state index contributed by atoms with van der Waals surface area (Å²) in [4.78, 5) is 0. The third kappa shape index (κ3) is 6.20. The van der Waals surface area contributed by atoms with Gasteiger partial charge in [-0.1, -0.05) is 6.42 Å². The molecule has 1 fully saturated rings. The molecule has 1 aliphatic rings. The molecular formula is C11H23NS2. The van der Waals surface area contributed by atoms with Crippen LogP contribution < -0.4 is 5.32 Å². The molecule has 1 saturated heterocycles. The molecule has 3 heteroatoms. The van der Waals surface area contributed by atoms with E-state index in [0.29, 0.717) is 0 Å². The highest BCUT2D eigenvalue weighted by atomic mass is 32.2. The summed E-state index contributed by atoms with van der Waals surface area (Å²) < 4.78 is 0. The van der Waals surface area contributed by atoms with Gasteiger partial charge in [-0.2, -0.15) is 23.5 Å². The molecule has 84 valence electrons. The van der Waals surface area contributed by atoms with Gasteiger partial charge in [-0.3, -0.25) is 0 Å². The highest BCUT2D eigenvalue weighted by Crippen LogP contribution is 2.16. The predicted molar refractivity (Wildman–Crippen MR) is 70.6 cm³/mol. The van der Waals surface area contributed by atoms with Crippen LogP contribution >= 0.6 is 23.5 Å². The first kappa shape index (κ1) is 12.7. The first-order valence-corrected chi connectivity index (χ1v) is 8.28.